The van der Waals surface area contributed by atoms with E-state index in [1.807, 2.05) is 0 Å². The fourth-order valence-electron chi connectivity index (χ4n) is 1.21. The lowest BCUT2D eigenvalue weighted by Gasteiger charge is -2.08. The Bertz CT molecular complexity index is 361. The molecule has 0 amide bonds. The van der Waals surface area contributed by atoms with E-state index in [4.69, 9.17) is 0 Å². The minimum absolute atomic E-state index is 0.175. The normalized spacial score (nSPS) is 11.5. The van der Waals surface area contributed by atoms with Crippen molar-refractivity contribution in [1.82, 2.24) is 0 Å². The molecule has 0 aliphatic rings. The zero-order valence-electron chi connectivity index (χ0n) is 7.96. The first-order chi connectivity index (χ1) is 6.56. The maximum Gasteiger partial charge on any atom is 0.264 e. The quantitative estimate of drug-likeness (QED) is 0.728. The zero-order chi connectivity index (χ0) is 10.7. The number of phenols is 1. The third kappa shape index (κ3) is 2.07. The molecule has 0 aromatic heterocycles. The lowest BCUT2D eigenvalue weighted by molar-refractivity contribution is 0.150. The van der Waals surface area contributed by atoms with E-state index in [9.17, 15) is 13.9 Å². The van der Waals surface area contributed by atoms with Gasteiger partial charge >= 0.3 is 0 Å². The van der Waals surface area contributed by atoms with Gasteiger partial charge in [-0.25, -0.2) is 8.78 Å². The van der Waals surface area contributed by atoms with E-state index >= 15 is 0 Å². The van der Waals surface area contributed by atoms with Crippen LogP contribution in [0.5, 0.6) is 5.75 Å². The zero-order valence-corrected chi connectivity index (χ0v) is 7.96. The van der Waals surface area contributed by atoms with Crippen LogP contribution in [0.4, 0.5) is 14.5 Å². The molecule has 0 heterocycles. The van der Waals surface area contributed by atoms with Gasteiger partial charge in [0, 0.05) is 17.8 Å². The second-order valence-electron chi connectivity index (χ2n) is 2.87. The second kappa shape index (κ2) is 4.17. The predicted octanol–water partition coefficient (Wildman–Crippen LogP) is 3.36. The summed E-state index contributed by atoms with van der Waals surface area (Å²) >= 11 is 0. The van der Waals surface area contributed by atoms with Gasteiger partial charge in [0.2, 0.25) is 0 Å². The molecule has 1 rings (SSSR count). The molecule has 0 saturated carbocycles. The molecule has 1 aromatic carbocycles. The highest BCUT2D eigenvalue weighted by atomic mass is 19.3. The van der Waals surface area contributed by atoms with Crippen molar-refractivity contribution in [3.8, 4) is 5.75 Å². The van der Waals surface area contributed by atoms with Gasteiger partial charge in [-0.05, 0) is 25.5 Å². The van der Waals surface area contributed by atoms with Crippen LogP contribution in [0, 0.1) is 6.92 Å². The largest absolute Gasteiger partial charge is 0.508 e. The Labute approximate surface area is 80.9 Å². The number of hydrogen-bond donors (Lipinski definition) is 1. The van der Waals surface area contributed by atoms with Crippen LogP contribution in [-0.4, -0.2) is 11.3 Å². The number of rotatable bonds is 2. The van der Waals surface area contributed by atoms with E-state index in [1.165, 1.54) is 12.3 Å². The minimum Gasteiger partial charge on any atom is -0.508 e. The van der Waals surface area contributed by atoms with Crippen LogP contribution < -0.4 is 0 Å². The topological polar surface area (TPSA) is 32.6 Å². The minimum atomic E-state index is -2.59. The van der Waals surface area contributed by atoms with Crippen LogP contribution >= 0.6 is 0 Å². The van der Waals surface area contributed by atoms with E-state index in [2.05, 4.69) is 4.99 Å². The molecule has 0 radical (unpaired) electrons. The molecule has 0 aliphatic heterocycles. The molecule has 1 aromatic rings. The SMILES string of the molecule is CC=Nc1cc(O)cc(C(F)F)c1C. The Hall–Kier alpha value is -1.45. The average molecular weight is 199 g/mol. The summed E-state index contributed by atoms with van der Waals surface area (Å²) in [5.41, 5.74) is 0.601. The summed E-state index contributed by atoms with van der Waals surface area (Å²) < 4.78 is 24.9. The molecular formula is C10H11F2NO. The molecule has 4 heteroatoms. The number of hydrogen-bond acceptors (Lipinski definition) is 2. The van der Waals surface area contributed by atoms with Gasteiger partial charge in [-0.2, -0.15) is 0 Å². The molecule has 14 heavy (non-hydrogen) atoms. The van der Waals surface area contributed by atoms with Gasteiger partial charge in [0.25, 0.3) is 6.43 Å². The first kappa shape index (κ1) is 10.6. The Morgan fingerprint density at radius 1 is 1.43 bits per heavy atom. The van der Waals surface area contributed by atoms with Gasteiger partial charge < -0.3 is 5.11 Å². The Morgan fingerprint density at radius 2 is 2.07 bits per heavy atom. The average Bonchev–Trinajstić information content (AvgIpc) is 2.10. The van der Waals surface area contributed by atoms with Gasteiger partial charge in [-0.3, -0.25) is 4.99 Å². The van der Waals surface area contributed by atoms with Crippen LogP contribution in [0.2, 0.25) is 0 Å². The standard InChI is InChI=1S/C10H11F2NO/c1-3-13-9-5-7(14)4-8(6(9)2)10(11)12/h3-5,10,14H,1-2H3. The molecular weight excluding hydrogens is 188 g/mol. The number of phenolic OH excluding ortho intramolecular Hbond substituents is 1. The van der Waals surface area contributed by atoms with Crippen LogP contribution in [0.3, 0.4) is 0 Å². The van der Waals surface area contributed by atoms with E-state index in [0.717, 1.165) is 6.07 Å². The fraction of sp³-hybridized carbons (Fsp3) is 0.300. The molecule has 0 spiro atoms. The summed E-state index contributed by atoms with van der Waals surface area (Å²) in [4.78, 5) is 3.89. The van der Waals surface area contributed by atoms with Crippen molar-refractivity contribution < 1.29 is 13.9 Å². The molecule has 0 fully saturated rings. The first-order valence-corrected chi connectivity index (χ1v) is 4.16. The molecule has 0 bridgehead atoms. The molecule has 2 nitrogen and oxygen atoms in total. The smallest absolute Gasteiger partial charge is 0.264 e. The molecule has 1 N–H and O–H groups in total. The van der Waals surface area contributed by atoms with Crippen molar-refractivity contribution in [2.75, 3.05) is 0 Å². The first-order valence-electron chi connectivity index (χ1n) is 4.16. The summed E-state index contributed by atoms with van der Waals surface area (Å²) in [5.74, 6) is -0.188. The highest BCUT2D eigenvalue weighted by Gasteiger charge is 2.14. The molecule has 76 valence electrons. The molecule has 0 saturated heterocycles. The van der Waals surface area contributed by atoms with Gasteiger partial charge in [0.1, 0.15) is 5.75 Å². The van der Waals surface area contributed by atoms with E-state index in [-0.39, 0.29) is 11.3 Å². The molecule has 0 unspecified atom stereocenters. The lowest BCUT2D eigenvalue weighted by atomic mass is 10.1. The van der Waals surface area contributed by atoms with Crippen LogP contribution in [0.25, 0.3) is 0 Å². The van der Waals surface area contributed by atoms with E-state index in [0.29, 0.717) is 11.3 Å². The maximum atomic E-state index is 12.5. The van der Waals surface area contributed by atoms with Crippen molar-refractivity contribution in [3.63, 3.8) is 0 Å². The summed E-state index contributed by atoms with van der Waals surface area (Å²) in [5, 5.41) is 9.19. The van der Waals surface area contributed by atoms with Crippen molar-refractivity contribution >= 4 is 11.9 Å². The summed E-state index contributed by atoms with van der Waals surface area (Å²) in [6.07, 6.45) is -1.09. The predicted molar refractivity (Wildman–Crippen MR) is 51.6 cm³/mol. The van der Waals surface area contributed by atoms with Crippen LogP contribution in [0.1, 0.15) is 24.5 Å². The summed E-state index contributed by atoms with van der Waals surface area (Å²) in [6.45, 7) is 3.24. The third-order valence-electron chi connectivity index (χ3n) is 1.91. The molecule has 0 atom stereocenters. The lowest BCUT2D eigenvalue weighted by Crippen LogP contribution is -1.89. The Morgan fingerprint density at radius 3 is 2.57 bits per heavy atom. The Kier molecular flexibility index (Phi) is 3.17. The summed E-state index contributed by atoms with van der Waals surface area (Å²) in [6, 6.07) is 2.43. The number of alkyl halides is 2. The summed E-state index contributed by atoms with van der Waals surface area (Å²) in [7, 11) is 0. The fourth-order valence-corrected chi connectivity index (χ4v) is 1.21. The van der Waals surface area contributed by atoms with Crippen molar-refractivity contribution in [3.05, 3.63) is 23.3 Å². The highest BCUT2D eigenvalue weighted by Crippen LogP contribution is 2.33. The van der Waals surface area contributed by atoms with E-state index in [1.54, 1.807) is 13.8 Å². The van der Waals surface area contributed by atoms with Crippen molar-refractivity contribution in [2.45, 2.75) is 20.3 Å². The van der Waals surface area contributed by atoms with Crippen LogP contribution in [-0.2, 0) is 0 Å². The van der Waals surface area contributed by atoms with Gasteiger partial charge in [-0.15, -0.1) is 0 Å². The Balaban J connectivity index is 3.32. The third-order valence-corrected chi connectivity index (χ3v) is 1.91. The number of aromatic hydroxyl groups is 1. The van der Waals surface area contributed by atoms with Crippen molar-refractivity contribution in [1.29, 1.82) is 0 Å². The van der Waals surface area contributed by atoms with Gasteiger partial charge in [-0.1, -0.05) is 0 Å². The number of aliphatic imine (C=N–C) groups is 1. The monoisotopic (exact) mass is 199 g/mol. The van der Waals surface area contributed by atoms with Crippen molar-refractivity contribution in [2.24, 2.45) is 4.99 Å². The number of nitrogens with zero attached hydrogens (tertiary/aromatic N) is 1. The maximum absolute atomic E-state index is 12.5. The number of halogens is 2. The molecule has 0 aliphatic carbocycles. The van der Waals surface area contributed by atoms with E-state index < -0.39 is 6.43 Å². The number of benzene rings is 1. The van der Waals surface area contributed by atoms with Gasteiger partial charge in [0.05, 0.1) is 5.69 Å². The van der Waals surface area contributed by atoms with Crippen LogP contribution in [0.15, 0.2) is 17.1 Å². The van der Waals surface area contributed by atoms with Gasteiger partial charge in [0.15, 0.2) is 0 Å². The second-order valence-corrected chi connectivity index (χ2v) is 2.87. The highest BCUT2D eigenvalue weighted by molar-refractivity contribution is 5.64.